The lowest BCUT2D eigenvalue weighted by atomic mass is 10.1. The van der Waals surface area contributed by atoms with E-state index in [0.29, 0.717) is 0 Å². The van der Waals surface area contributed by atoms with Crippen LogP contribution in [0.15, 0.2) is 18.2 Å². The van der Waals surface area contributed by atoms with E-state index in [-0.39, 0.29) is 0 Å². The molecule has 0 heterocycles. The first kappa shape index (κ1) is 12.4. The van der Waals surface area contributed by atoms with Gasteiger partial charge < -0.3 is 4.72 Å². The van der Waals surface area contributed by atoms with Crippen LogP contribution in [0.1, 0.15) is 25.0 Å². The summed E-state index contributed by atoms with van der Waals surface area (Å²) < 4.78 is 3.19. The van der Waals surface area contributed by atoms with Crippen molar-refractivity contribution in [3.8, 4) is 0 Å². The molecular weight excluding hydrogens is 178 g/mol. The molecule has 2 heteroatoms. The second kappa shape index (κ2) is 6.84. The number of anilines is 1. The molecule has 1 rings (SSSR count). The largest absolute Gasteiger partial charge is 0.330 e. The van der Waals surface area contributed by atoms with E-state index in [1.807, 2.05) is 20.1 Å². The molecule has 0 radical (unpaired) electrons. The average Bonchev–Trinajstić information content (AvgIpc) is 2.15. The van der Waals surface area contributed by atoms with Crippen molar-refractivity contribution in [1.29, 1.82) is 0 Å². The number of aryl methyl sites for hydroxylation is 2. The van der Waals surface area contributed by atoms with Crippen molar-refractivity contribution >= 4 is 17.6 Å². The van der Waals surface area contributed by atoms with Crippen LogP contribution in [0.2, 0.25) is 0 Å². The van der Waals surface area contributed by atoms with E-state index in [9.17, 15) is 0 Å². The Morgan fingerprint density at radius 3 is 2.15 bits per heavy atom. The van der Waals surface area contributed by atoms with E-state index in [2.05, 4.69) is 36.8 Å². The molecule has 1 nitrogen and oxygen atoms in total. The fraction of sp³-hybridized carbons (Fsp3) is 0.455. The SMILES string of the molecule is CC.CSNc1ccc(C)c(C)c1. The standard InChI is InChI=1S/C9H13NS.C2H6/c1-7-4-5-9(10-11-3)6-8(7)2;1-2/h4-6,10H,1-3H3;1-2H3. The molecule has 0 fully saturated rings. The van der Waals surface area contributed by atoms with Gasteiger partial charge in [-0.2, -0.15) is 0 Å². The number of nitrogens with one attached hydrogen (secondary N) is 1. The van der Waals surface area contributed by atoms with Gasteiger partial charge in [-0.15, -0.1) is 0 Å². The third kappa shape index (κ3) is 4.23. The van der Waals surface area contributed by atoms with Crippen molar-refractivity contribution in [1.82, 2.24) is 0 Å². The van der Waals surface area contributed by atoms with E-state index in [1.165, 1.54) is 16.8 Å². The average molecular weight is 197 g/mol. The Kier molecular flexibility index (Phi) is 6.51. The van der Waals surface area contributed by atoms with Gasteiger partial charge in [0.2, 0.25) is 0 Å². The molecule has 0 aliphatic heterocycles. The summed E-state index contributed by atoms with van der Waals surface area (Å²) in [4.78, 5) is 0. The van der Waals surface area contributed by atoms with Crippen LogP contribution in [0.3, 0.4) is 0 Å². The van der Waals surface area contributed by atoms with Gasteiger partial charge in [0.15, 0.2) is 0 Å². The topological polar surface area (TPSA) is 12.0 Å². The second-order valence-corrected chi connectivity index (χ2v) is 3.22. The quantitative estimate of drug-likeness (QED) is 0.719. The van der Waals surface area contributed by atoms with Gasteiger partial charge in [0.05, 0.1) is 0 Å². The molecule has 0 aliphatic carbocycles. The van der Waals surface area contributed by atoms with E-state index in [4.69, 9.17) is 0 Å². The van der Waals surface area contributed by atoms with Crippen LogP contribution in [-0.4, -0.2) is 6.26 Å². The molecule has 0 aromatic heterocycles. The highest BCUT2D eigenvalue weighted by atomic mass is 32.2. The van der Waals surface area contributed by atoms with Crippen LogP contribution in [-0.2, 0) is 0 Å². The molecule has 0 atom stereocenters. The van der Waals surface area contributed by atoms with Gasteiger partial charge in [0.1, 0.15) is 0 Å². The van der Waals surface area contributed by atoms with E-state index >= 15 is 0 Å². The summed E-state index contributed by atoms with van der Waals surface area (Å²) in [6, 6.07) is 6.39. The summed E-state index contributed by atoms with van der Waals surface area (Å²) in [5.41, 5.74) is 3.86. The van der Waals surface area contributed by atoms with Gasteiger partial charge in [-0.25, -0.2) is 0 Å². The van der Waals surface area contributed by atoms with Gasteiger partial charge in [-0.05, 0) is 37.1 Å². The summed E-state index contributed by atoms with van der Waals surface area (Å²) in [6.07, 6.45) is 2.02. The Bertz CT molecular complexity index is 246. The molecule has 74 valence electrons. The molecule has 0 saturated heterocycles. The maximum absolute atomic E-state index is 3.19. The molecule has 1 aromatic carbocycles. The Balaban J connectivity index is 0.000000671. The molecule has 0 spiro atoms. The van der Waals surface area contributed by atoms with Crippen LogP contribution >= 0.6 is 11.9 Å². The summed E-state index contributed by atoms with van der Waals surface area (Å²) in [5.74, 6) is 0. The van der Waals surface area contributed by atoms with Gasteiger partial charge >= 0.3 is 0 Å². The Labute approximate surface area is 86.1 Å². The maximum Gasteiger partial charge on any atom is 0.0442 e. The summed E-state index contributed by atoms with van der Waals surface area (Å²) in [5, 5.41) is 0. The smallest absolute Gasteiger partial charge is 0.0442 e. The van der Waals surface area contributed by atoms with Crippen molar-refractivity contribution in [2.75, 3.05) is 11.0 Å². The fourth-order valence-corrected chi connectivity index (χ4v) is 1.29. The molecule has 0 amide bonds. The lowest BCUT2D eigenvalue weighted by molar-refractivity contribution is 1.34. The predicted octanol–water partition coefficient (Wildman–Crippen LogP) is 4.02. The van der Waals surface area contributed by atoms with E-state index in [1.54, 1.807) is 11.9 Å². The molecule has 0 unspecified atom stereocenters. The van der Waals surface area contributed by atoms with Crippen LogP contribution in [0, 0.1) is 13.8 Å². The normalized spacial score (nSPS) is 8.69. The summed E-state index contributed by atoms with van der Waals surface area (Å²) in [6.45, 7) is 8.25. The van der Waals surface area contributed by atoms with Crippen LogP contribution < -0.4 is 4.72 Å². The number of rotatable bonds is 2. The van der Waals surface area contributed by atoms with Crippen LogP contribution in [0.5, 0.6) is 0 Å². The minimum atomic E-state index is 1.18. The number of hydrogen-bond donors (Lipinski definition) is 1. The zero-order valence-electron chi connectivity index (χ0n) is 9.14. The second-order valence-electron chi connectivity index (χ2n) is 2.61. The van der Waals surface area contributed by atoms with Crippen molar-refractivity contribution in [3.63, 3.8) is 0 Å². The lowest BCUT2D eigenvalue weighted by Crippen LogP contribution is -1.86. The molecule has 13 heavy (non-hydrogen) atoms. The third-order valence-corrected chi connectivity index (χ3v) is 2.17. The Morgan fingerprint density at radius 2 is 1.69 bits per heavy atom. The highest BCUT2D eigenvalue weighted by Crippen LogP contribution is 2.15. The van der Waals surface area contributed by atoms with Crippen LogP contribution in [0.25, 0.3) is 0 Å². The van der Waals surface area contributed by atoms with E-state index in [0.717, 1.165) is 0 Å². The molecular formula is C11H19NS. The highest BCUT2D eigenvalue weighted by molar-refractivity contribution is 7.99. The number of hydrogen-bond acceptors (Lipinski definition) is 2. The molecule has 1 N–H and O–H groups in total. The van der Waals surface area contributed by atoms with Gasteiger partial charge in [-0.3, -0.25) is 0 Å². The predicted molar refractivity (Wildman–Crippen MR) is 64.4 cm³/mol. The Hall–Kier alpha value is -0.630. The minimum absolute atomic E-state index is 1.18. The fourth-order valence-electron chi connectivity index (χ4n) is 0.923. The Morgan fingerprint density at radius 1 is 1.08 bits per heavy atom. The zero-order valence-corrected chi connectivity index (χ0v) is 9.96. The first-order valence-corrected chi connectivity index (χ1v) is 5.83. The molecule has 1 aromatic rings. The zero-order chi connectivity index (χ0) is 10.3. The van der Waals surface area contributed by atoms with Crippen molar-refractivity contribution in [2.45, 2.75) is 27.7 Å². The summed E-state index contributed by atoms with van der Waals surface area (Å²) >= 11 is 1.62. The van der Waals surface area contributed by atoms with Crippen molar-refractivity contribution < 1.29 is 0 Å². The van der Waals surface area contributed by atoms with Gasteiger partial charge in [0, 0.05) is 11.9 Å². The van der Waals surface area contributed by atoms with Crippen molar-refractivity contribution in [2.24, 2.45) is 0 Å². The monoisotopic (exact) mass is 197 g/mol. The van der Waals surface area contributed by atoms with Crippen molar-refractivity contribution in [3.05, 3.63) is 29.3 Å². The molecule has 0 aliphatic rings. The minimum Gasteiger partial charge on any atom is -0.330 e. The summed E-state index contributed by atoms with van der Waals surface area (Å²) in [7, 11) is 0. The van der Waals surface area contributed by atoms with Crippen LogP contribution in [0.4, 0.5) is 5.69 Å². The highest BCUT2D eigenvalue weighted by Gasteiger charge is 1.93. The van der Waals surface area contributed by atoms with Gasteiger partial charge in [-0.1, -0.05) is 31.9 Å². The first-order chi connectivity index (χ1) is 6.24. The molecule has 0 saturated carbocycles. The number of benzene rings is 1. The third-order valence-electron chi connectivity index (χ3n) is 1.73. The van der Waals surface area contributed by atoms with Gasteiger partial charge in [0.25, 0.3) is 0 Å². The molecule has 0 bridgehead atoms. The lowest BCUT2D eigenvalue weighted by Gasteiger charge is -2.04. The maximum atomic E-state index is 3.19. The van der Waals surface area contributed by atoms with E-state index < -0.39 is 0 Å². The first-order valence-electron chi connectivity index (χ1n) is 4.60.